The van der Waals surface area contributed by atoms with Gasteiger partial charge < -0.3 is 5.73 Å². The Morgan fingerprint density at radius 2 is 1.95 bits per heavy atom. The van der Waals surface area contributed by atoms with Gasteiger partial charge in [0.25, 0.3) is 0 Å². The Morgan fingerprint density at radius 3 is 2.40 bits per heavy atom. The van der Waals surface area contributed by atoms with Gasteiger partial charge in [0.05, 0.1) is 11.3 Å². The zero-order chi connectivity index (χ0) is 15.6. The normalized spacial score (nSPS) is 12.9. The van der Waals surface area contributed by atoms with Crippen LogP contribution in [0, 0.1) is 0 Å². The van der Waals surface area contributed by atoms with Gasteiger partial charge in [-0.25, -0.2) is 12.7 Å². The van der Waals surface area contributed by atoms with E-state index in [-0.39, 0.29) is 16.5 Å². The predicted octanol–water partition coefficient (Wildman–Crippen LogP) is 2.37. The number of nitrogens with zero attached hydrogens (tertiary/aromatic N) is 1. The Balaban J connectivity index is 2.96. The summed E-state index contributed by atoms with van der Waals surface area (Å²) in [6, 6.07) is 3.89. The molecule has 0 aromatic heterocycles. The molecule has 9 heteroatoms. The molecule has 4 nitrogen and oxygen atoms in total. The molecule has 0 spiro atoms. The highest BCUT2D eigenvalue weighted by atomic mass is 35.5. The minimum absolute atomic E-state index is 0.142. The van der Waals surface area contributed by atoms with Crippen LogP contribution in [0.25, 0.3) is 0 Å². The van der Waals surface area contributed by atoms with Gasteiger partial charge in [-0.2, -0.15) is 13.2 Å². The van der Waals surface area contributed by atoms with Crippen molar-refractivity contribution in [3.8, 4) is 0 Å². The van der Waals surface area contributed by atoms with Crippen molar-refractivity contribution < 1.29 is 21.6 Å². The highest BCUT2D eigenvalue weighted by Gasteiger charge is 2.30. The average Bonchev–Trinajstić information content (AvgIpc) is 2.34. The van der Waals surface area contributed by atoms with Crippen molar-refractivity contribution in [1.29, 1.82) is 0 Å². The fourth-order valence-electron chi connectivity index (χ4n) is 1.44. The molecule has 0 aliphatic rings. The first-order valence-electron chi connectivity index (χ1n) is 5.59. The molecule has 0 bridgehead atoms. The third-order valence-electron chi connectivity index (χ3n) is 2.66. The van der Waals surface area contributed by atoms with Crippen molar-refractivity contribution in [1.82, 2.24) is 4.31 Å². The van der Waals surface area contributed by atoms with E-state index in [2.05, 4.69) is 0 Å². The van der Waals surface area contributed by atoms with Crippen molar-refractivity contribution in [2.24, 2.45) is 5.73 Å². The number of sulfonamides is 1. The molecule has 0 atom stereocenters. The number of alkyl halides is 3. The average molecular weight is 331 g/mol. The minimum Gasteiger partial charge on any atom is -0.326 e. The molecular weight excluding hydrogens is 317 g/mol. The minimum atomic E-state index is -4.41. The Morgan fingerprint density at radius 1 is 1.35 bits per heavy atom. The van der Waals surface area contributed by atoms with Crippen LogP contribution in [0.1, 0.15) is 12.0 Å². The van der Waals surface area contributed by atoms with Crippen LogP contribution in [0.3, 0.4) is 0 Å². The van der Waals surface area contributed by atoms with E-state index in [1.807, 2.05) is 0 Å². The molecule has 2 N–H and O–H groups in total. The summed E-state index contributed by atoms with van der Waals surface area (Å²) in [5.41, 5.74) is 5.95. The van der Waals surface area contributed by atoms with Crippen LogP contribution in [0.4, 0.5) is 13.2 Å². The zero-order valence-corrected chi connectivity index (χ0v) is 12.2. The fourth-order valence-corrected chi connectivity index (χ4v) is 2.96. The van der Waals surface area contributed by atoms with E-state index in [1.54, 1.807) is 0 Å². The third-order valence-corrected chi connectivity index (χ3v) is 4.87. The number of halogens is 4. The number of rotatable bonds is 5. The number of hydrogen-bond donors (Lipinski definition) is 1. The molecule has 20 heavy (non-hydrogen) atoms. The highest BCUT2D eigenvalue weighted by Crippen LogP contribution is 2.24. The van der Waals surface area contributed by atoms with Crippen LogP contribution in [0.15, 0.2) is 23.1 Å². The first kappa shape index (κ1) is 17.2. The quantitative estimate of drug-likeness (QED) is 0.901. The Bertz CT molecular complexity index is 576. The summed E-state index contributed by atoms with van der Waals surface area (Å²) in [4.78, 5) is -0.163. The molecule has 0 fully saturated rings. The maximum Gasteiger partial charge on any atom is 0.390 e. The van der Waals surface area contributed by atoms with Crippen LogP contribution in [-0.2, 0) is 16.6 Å². The lowest BCUT2D eigenvalue weighted by atomic mass is 10.2. The van der Waals surface area contributed by atoms with Crippen LogP contribution in [0.5, 0.6) is 0 Å². The largest absolute Gasteiger partial charge is 0.390 e. The maximum atomic E-state index is 12.1. The van der Waals surface area contributed by atoms with Crippen molar-refractivity contribution in [3.63, 3.8) is 0 Å². The molecule has 1 rings (SSSR count). The van der Waals surface area contributed by atoms with E-state index >= 15 is 0 Å². The van der Waals surface area contributed by atoms with Crippen molar-refractivity contribution >= 4 is 21.6 Å². The van der Waals surface area contributed by atoms with E-state index in [0.29, 0.717) is 9.87 Å². The van der Waals surface area contributed by atoms with Gasteiger partial charge in [-0.1, -0.05) is 17.7 Å². The fraction of sp³-hybridized carbons (Fsp3) is 0.455. The first-order valence-corrected chi connectivity index (χ1v) is 7.41. The second-order valence-corrected chi connectivity index (χ2v) is 6.60. The summed E-state index contributed by atoms with van der Waals surface area (Å²) in [7, 11) is -2.91. The van der Waals surface area contributed by atoms with Crippen LogP contribution < -0.4 is 5.73 Å². The predicted molar refractivity (Wildman–Crippen MR) is 69.8 cm³/mol. The van der Waals surface area contributed by atoms with E-state index in [0.717, 1.165) is 7.05 Å². The molecule has 0 saturated heterocycles. The van der Waals surface area contributed by atoms with E-state index in [4.69, 9.17) is 17.3 Å². The SMILES string of the molecule is CN(CCC(F)(F)F)S(=O)(=O)c1ccc(CN)c(Cl)c1. The van der Waals surface area contributed by atoms with Crippen LogP contribution >= 0.6 is 11.6 Å². The molecule has 0 saturated carbocycles. The topological polar surface area (TPSA) is 63.4 Å². The Labute approximate surface area is 120 Å². The lowest BCUT2D eigenvalue weighted by Crippen LogP contribution is -2.30. The van der Waals surface area contributed by atoms with Gasteiger partial charge in [-0.05, 0) is 17.7 Å². The maximum absolute atomic E-state index is 12.1. The van der Waals surface area contributed by atoms with Crippen LogP contribution in [0.2, 0.25) is 5.02 Å². The first-order chi connectivity index (χ1) is 9.08. The molecule has 0 unspecified atom stereocenters. The molecule has 0 radical (unpaired) electrons. The number of benzene rings is 1. The van der Waals surface area contributed by atoms with E-state index in [9.17, 15) is 21.6 Å². The molecule has 1 aromatic rings. The van der Waals surface area contributed by atoms with Gasteiger partial charge in [0.15, 0.2) is 0 Å². The molecule has 1 aromatic carbocycles. The smallest absolute Gasteiger partial charge is 0.326 e. The molecule has 0 amide bonds. The summed E-state index contributed by atoms with van der Waals surface area (Å²) in [5.74, 6) is 0. The van der Waals surface area contributed by atoms with Gasteiger partial charge >= 0.3 is 6.18 Å². The Hall–Kier alpha value is -0.830. The monoisotopic (exact) mass is 330 g/mol. The standard InChI is InChI=1S/C11H14ClF3N2O2S/c1-17(5-4-11(13,14)15)20(18,19)9-3-2-8(7-16)10(12)6-9/h2-3,6H,4-5,7,16H2,1H3. The molecule has 0 aliphatic heterocycles. The van der Waals surface area contributed by atoms with Gasteiger partial charge in [0.2, 0.25) is 10.0 Å². The van der Waals surface area contributed by atoms with Crippen molar-refractivity contribution in [3.05, 3.63) is 28.8 Å². The number of hydrogen-bond acceptors (Lipinski definition) is 3. The number of nitrogens with two attached hydrogens (primary N) is 1. The van der Waals surface area contributed by atoms with Gasteiger partial charge in [-0.15, -0.1) is 0 Å². The molecule has 0 heterocycles. The van der Waals surface area contributed by atoms with Crippen LogP contribution in [-0.4, -0.2) is 32.5 Å². The summed E-state index contributed by atoms with van der Waals surface area (Å²) < 4.78 is 61.1. The summed E-state index contributed by atoms with van der Waals surface area (Å²) in [6.07, 6.45) is -5.62. The van der Waals surface area contributed by atoms with Gasteiger partial charge in [0.1, 0.15) is 0 Å². The second kappa shape index (κ2) is 6.30. The second-order valence-electron chi connectivity index (χ2n) is 4.15. The van der Waals surface area contributed by atoms with E-state index in [1.165, 1.54) is 18.2 Å². The summed E-state index contributed by atoms with van der Waals surface area (Å²) in [5, 5.41) is 0.165. The van der Waals surface area contributed by atoms with Gasteiger partial charge in [0, 0.05) is 25.2 Å². The Kier molecular flexibility index (Phi) is 5.42. The lowest BCUT2D eigenvalue weighted by Gasteiger charge is -2.18. The van der Waals surface area contributed by atoms with E-state index < -0.39 is 29.2 Å². The molecule has 0 aliphatic carbocycles. The zero-order valence-electron chi connectivity index (χ0n) is 10.6. The molecular formula is C11H14ClF3N2O2S. The van der Waals surface area contributed by atoms with Crippen molar-refractivity contribution in [2.45, 2.75) is 24.0 Å². The van der Waals surface area contributed by atoms with Gasteiger partial charge in [-0.3, -0.25) is 0 Å². The van der Waals surface area contributed by atoms with Crippen molar-refractivity contribution in [2.75, 3.05) is 13.6 Å². The summed E-state index contributed by atoms with van der Waals surface area (Å²) >= 11 is 5.85. The summed E-state index contributed by atoms with van der Waals surface area (Å²) in [6.45, 7) is -0.509. The lowest BCUT2D eigenvalue weighted by molar-refractivity contribution is -0.135. The third kappa shape index (κ3) is 4.34. The highest BCUT2D eigenvalue weighted by molar-refractivity contribution is 7.89. The molecule has 114 valence electrons.